The summed E-state index contributed by atoms with van der Waals surface area (Å²) < 4.78 is 17.3. The van der Waals surface area contributed by atoms with Gasteiger partial charge in [0, 0.05) is 50.3 Å². The second-order valence-electron chi connectivity index (χ2n) is 8.12. The molecule has 0 spiro atoms. The van der Waals surface area contributed by atoms with Gasteiger partial charge < -0.3 is 24.1 Å². The van der Waals surface area contributed by atoms with Crippen molar-refractivity contribution in [2.24, 2.45) is 0 Å². The number of aromatic nitrogens is 2. The Morgan fingerprint density at radius 2 is 2.07 bits per heavy atom. The quantitative estimate of drug-likeness (QED) is 0.809. The standard InChI is InChI=1S/C22H30N4O4/c1-15(2)20-24-19-8-13-28-12-7-18(19)21(25-20)30-16-5-9-26(10-6-16)22(27)23-14-17-4-3-11-29-17/h3-4,11,15-16H,5-10,12-14H2,1-2H3,(H,23,27). The monoisotopic (exact) mass is 414 g/mol. The van der Waals surface area contributed by atoms with Crippen LogP contribution in [0.2, 0.25) is 0 Å². The van der Waals surface area contributed by atoms with Gasteiger partial charge in [-0.1, -0.05) is 13.8 Å². The van der Waals surface area contributed by atoms with Crippen molar-refractivity contribution in [1.29, 1.82) is 0 Å². The van der Waals surface area contributed by atoms with Gasteiger partial charge in [0.15, 0.2) is 0 Å². The van der Waals surface area contributed by atoms with Gasteiger partial charge in [0.1, 0.15) is 17.7 Å². The van der Waals surface area contributed by atoms with Crippen LogP contribution in [0.5, 0.6) is 5.88 Å². The molecule has 8 nitrogen and oxygen atoms in total. The molecule has 2 aromatic heterocycles. The molecule has 4 rings (SSSR count). The number of hydrogen-bond acceptors (Lipinski definition) is 6. The summed E-state index contributed by atoms with van der Waals surface area (Å²) in [5.41, 5.74) is 2.13. The number of rotatable bonds is 5. The number of piperidine rings is 1. The van der Waals surface area contributed by atoms with Gasteiger partial charge in [-0.05, 0) is 12.1 Å². The molecule has 0 aromatic carbocycles. The fraction of sp³-hybridized carbons (Fsp3) is 0.591. The average molecular weight is 415 g/mol. The molecule has 0 radical (unpaired) electrons. The Labute approximate surface area is 177 Å². The van der Waals surface area contributed by atoms with Crippen molar-refractivity contribution < 1.29 is 18.7 Å². The highest BCUT2D eigenvalue weighted by Crippen LogP contribution is 2.27. The minimum absolute atomic E-state index is 0.0438. The number of nitrogens with zero attached hydrogens (tertiary/aromatic N) is 3. The van der Waals surface area contributed by atoms with Crippen LogP contribution >= 0.6 is 0 Å². The Kier molecular flexibility index (Phi) is 6.52. The second-order valence-corrected chi connectivity index (χ2v) is 8.12. The van der Waals surface area contributed by atoms with E-state index in [1.54, 1.807) is 6.26 Å². The van der Waals surface area contributed by atoms with Gasteiger partial charge >= 0.3 is 6.03 Å². The number of carbonyl (C=O) groups is 1. The molecule has 2 amide bonds. The van der Waals surface area contributed by atoms with Crippen LogP contribution < -0.4 is 10.1 Å². The SMILES string of the molecule is CC(C)c1nc2c(c(OC3CCN(C(=O)NCc4ccco4)CC3)n1)CCOCC2. The predicted molar refractivity (Wildman–Crippen MR) is 111 cm³/mol. The summed E-state index contributed by atoms with van der Waals surface area (Å²) in [5.74, 6) is 2.51. The molecular weight excluding hydrogens is 384 g/mol. The lowest BCUT2D eigenvalue weighted by Gasteiger charge is -2.32. The Morgan fingerprint density at radius 1 is 1.27 bits per heavy atom. The fourth-order valence-corrected chi connectivity index (χ4v) is 3.81. The van der Waals surface area contributed by atoms with E-state index in [1.807, 2.05) is 17.0 Å². The molecule has 2 aliphatic rings. The third-order valence-electron chi connectivity index (χ3n) is 5.57. The first-order chi connectivity index (χ1) is 14.6. The molecule has 1 saturated heterocycles. The zero-order chi connectivity index (χ0) is 20.9. The van der Waals surface area contributed by atoms with Crippen LogP contribution in [-0.2, 0) is 24.1 Å². The number of amides is 2. The van der Waals surface area contributed by atoms with Crippen LogP contribution in [0.25, 0.3) is 0 Å². The summed E-state index contributed by atoms with van der Waals surface area (Å²) >= 11 is 0. The van der Waals surface area contributed by atoms with Crippen molar-refractivity contribution in [3.8, 4) is 5.88 Å². The van der Waals surface area contributed by atoms with Crippen LogP contribution in [0.3, 0.4) is 0 Å². The number of nitrogens with one attached hydrogen (secondary N) is 1. The molecule has 8 heteroatoms. The van der Waals surface area contributed by atoms with E-state index in [0.717, 1.165) is 48.5 Å². The number of likely N-dealkylation sites (tertiary alicyclic amines) is 1. The molecule has 0 bridgehead atoms. The minimum Gasteiger partial charge on any atom is -0.474 e. The molecule has 0 unspecified atom stereocenters. The third kappa shape index (κ3) is 4.92. The molecule has 0 aliphatic carbocycles. The van der Waals surface area contributed by atoms with Crippen LogP contribution in [0, 0.1) is 0 Å². The molecule has 0 saturated carbocycles. The highest BCUT2D eigenvalue weighted by atomic mass is 16.5. The molecule has 1 N–H and O–H groups in total. The maximum Gasteiger partial charge on any atom is 0.317 e. The minimum atomic E-state index is -0.0694. The van der Waals surface area contributed by atoms with Crippen LogP contribution in [0.4, 0.5) is 4.79 Å². The smallest absolute Gasteiger partial charge is 0.317 e. The maximum absolute atomic E-state index is 12.4. The van der Waals surface area contributed by atoms with Crippen molar-refractivity contribution in [2.45, 2.75) is 58.1 Å². The molecule has 2 aromatic rings. The van der Waals surface area contributed by atoms with E-state index in [4.69, 9.17) is 23.9 Å². The topological polar surface area (TPSA) is 89.7 Å². The highest BCUT2D eigenvalue weighted by Gasteiger charge is 2.27. The molecule has 162 valence electrons. The first kappa shape index (κ1) is 20.7. The molecular formula is C22H30N4O4. The number of urea groups is 1. The van der Waals surface area contributed by atoms with E-state index in [1.165, 1.54) is 0 Å². The summed E-state index contributed by atoms with van der Waals surface area (Å²) in [6.07, 6.45) is 4.78. The van der Waals surface area contributed by atoms with Crippen molar-refractivity contribution in [3.63, 3.8) is 0 Å². The van der Waals surface area contributed by atoms with E-state index >= 15 is 0 Å². The normalized spacial score (nSPS) is 17.5. The Balaban J connectivity index is 1.36. The molecule has 1 fully saturated rings. The highest BCUT2D eigenvalue weighted by molar-refractivity contribution is 5.74. The van der Waals surface area contributed by atoms with Crippen LogP contribution in [0.1, 0.15) is 55.4 Å². The average Bonchev–Trinajstić information content (AvgIpc) is 3.15. The fourth-order valence-electron chi connectivity index (χ4n) is 3.81. The maximum atomic E-state index is 12.4. The molecule has 2 aliphatic heterocycles. The van der Waals surface area contributed by atoms with Crippen molar-refractivity contribution in [1.82, 2.24) is 20.2 Å². The predicted octanol–water partition coefficient (Wildman–Crippen LogP) is 3.06. The van der Waals surface area contributed by atoms with Crippen LogP contribution in [0.15, 0.2) is 22.8 Å². The van der Waals surface area contributed by atoms with Crippen molar-refractivity contribution in [2.75, 3.05) is 26.3 Å². The molecule has 30 heavy (non-hydrogen) atoms. The number of ether oxygens (including phenoxy) is 2. The van der Waals surface area contributed by atoms with Crippen molar-refractivity contribution >= 4 is 6.03 Å². The second kappa shape index (κ2) is 9.47. The third-order valence-corrected chi connectivity index (χ3v) is 5.57. The van der Waals surface area contributed by atoms with Crippen molar-refractivity contribution in [3.05, 3.63) is 41.2 Å². The van der Waals surface area contributed by atoms with Gasteiger partial charge in [0.25, 0.3) is 0 Å². The van der Waals surface area contributed by atoms with E-state index in [-0.39, 0.29) is 18.1 Å². The van der Waals surface area contributed by atoms with Crippen LogP contribution in [-0.4, -0.2) is 53.3 Å². The van der Waals surface area contributed by atoms with E-state index in [9.17, 15) is 4.79 Å². The number of furan rings is 1. The van der Waals surface area contributed by atoms with Gasteiger partial charge in [0.05, 0.1) is 31.7 Å². The lowest BCUT2D eigenvalue weighted by atomic mass is 10.1. The number of fused-ring (bicyclic) bond motifs is 1. The summed E-state index contributed by atoms with van der Waals surface area (Å²) in [5, 5.41) is 2.91. The zero-order valence-electron chi connectivity index (χ0n) is 17.7. The van der Waals surface area contributed by atoms with Gasteiger partial charge in [-0.25, -0.2) is 9.78 Å². The first-order valence-electron chi connectivity index (χ1n) is 10.8. The summed E-state index contributed by atoms with van der Waals surface area (Å²) in [6, 6.07) is 3.59. The Hall–Kier alpha value is -2.61. The number of hydrogen-bond donors (Lipinski definition) is 1. The van der Waals surface area contributed by atoms with Gasteiger partial charge in [0.2, 0.25) is 5.88 Å². The molecule has 0 atom stereocenters. The summed E-state index contributed by atoms with van der Waals surface area (Å²) in [6.45, 7) is 7.26. The van der Waals surface area contributed by atoms with Gasteiger partial charge in [-0.2, -0.15) is 4.98 Å². The number of carbonyl (C=O) groups excluding carboxylic acids is 1. The zero-order valence-corrected chi connectivity index (χ0v) is 17.7. The van der Waals surface area contributed by atoms with Gasteiger partial charge in [-0.3, -0.25) is 0 Å². The lowest BCUT2D eigenvalue weighted by molar-refractivity contribution is 0.105. The van der Waals surface area contributed by atoms with E-state index in [2.05, 4.69) is 19.2 Å². The largest absolute Gasteiger partial charge is 0.474 e. The lowest BCUT2D eigenvalue weighted by Crippen LogP contribution is -2.46. The first-order valence-corrected chi connectivity index (χ1v) is 10.8. The Morgan fingerprint density at radius 3 is 2.80 bits per heavy atom. The van der Waals surface area contributed by atoms with Gasteiger partial charge in [-0.15, -0.1) is 0 Å². The molecule has 4 heterocycles. The Bertz CT molecular complexity index is 845. The van der Waals surface area contributed by atoms with E-state index in [0.29, 0.717) is 38.7 Å². The summed E-state index contributed by atoms with van der Waals surface area (Å²) in [4.78, 5) is 23.7. The van der Waals surface area contributed by atoms with E-state index < -0.39 is 0 Å². The summed E-state index contributed by atoms with van der Waals surface area (Å²) in [7, 11) is 0.